The highest BCUT2D eigenvalue weighted by molar-refractivity contribution is 6.32. The van der Waals surface area contributed by atoms with E-state index in [1.807, 2.05) is 57.2 Å². The van der Waals surface area contributed by atoms with Gasteiger partial charge in [-0.3, -0.25) is 4.79 Å². The largest absolute Gasteiger partial charge is 0.493 e. The maximum Gasteiger partial charge on any atom is 0.280 e. The molecule has 1 unspecified atom stereocenters. The normalized spacial score (nSPS) is 11.8. The van der Waals surface area contributed by atoms with Gasteiger partial charge in [-0.15, -0.1) is 0 Å². The second kappa shape index (κ2) is 11.6. The summed E-state index contributed by atoms with van der Waals surface area (Å²) in [6.07, 6.45) is 0.804. The molecule has 178 valence electrons. The lowest BCUT2D eigenvalue weighted by molar-refractivity contribution is -0.127. The fourth-order valence-corrected chi connectivity index (χ4v) is 3.41. The van der Waals surface area contributed by atoms with Gasteiger partial charge in [-0.1, -0.05) is 35.9 Å². The first kappa shape index (κ1) is 25.1. The van der Waals surface area contributed by atoms with Crippen LogP contribution in [0.3, 0.4) is 0 Å². The average molecular weight is 481 g/mol. The molecule has 0 aliphatic heterocycles. The number of amides is 1. The van der Waals surface area contributed by atoms with Gasteiger partial charge in [0.1, 0.15) is 12.4 Å². The van der Waals surface area contributed by atoms with Crippen molar-refractivity contribution in [2.75, 3.05) is 7.11 Å². The van der Waals surface area contributed by atoms with Gasteiger partial charge in [-0.05, 0) is 85.8 Å². The molecule has 0 radical (unpaired) electrons. The number of ether oxygens (including phenoxy) is 3. The van der Waals surface area contributed by atoms with E-state index in [4.69, 9.17) is 25.8 Å². The molecule has 0 aromatic heterocycles. The van der Waals surface area contributed by atoms with Gasteiger partial charge in [-0.25, -0.2) is 5.43 Å². The monoisotopic (exact) mass is 480 g/mol. The minimum Gasteiger partial charge on any atom is -0.493 e. The quantitative estimate of drug-likeness (QED) is 0.312. The van der Waals surface area contributed by atoms with Crippen molar-refractivity contribution < 1.29 is 19.0 Å². The zero-order chi connectivity index (χ0) is 24.7. The Kier molecular flexibility index (Phi) is 8.55. The number of rotatable bonds is 9. The molecular formula is C27H29ClN2O4. The number of aryl methyl sites for hydroxylation is 3. The number of hydrazone groups is 1. The van der Waals surface area contributed by atoms with Crippen molar-refractivity contribution in [2.24, 2.45) is 5.10 Å². The SMILES string of the molecule is COc1cc(/C=N/NC(=O)C(C)Oc2cc(C)c(Cl)c(C)c2)ccc1OCc1ccccc1C. The van der Waals surface area contributed by atoms with Crippen LogP contribution in [0.15, 0.2) is 59.7 Å². The van der Waals surface area contributed by atoms with Crippen LogP contribution in [0.1, 0.15) is 34.7 Å². The minimum atomic E-state index is -0.733. The molecule has 3 aromatic carbocycles. The van der Waals surface area contributed by atoms with Gasteiger partial charge in [0.05, 0.1) is 13.3 Å². The Morgan fingerprint density at radius 1 is 1.03 bits per heavy atom. The number of carbonyl (C=O) groups is 1. The van der Waals surface area contributed by atoms with Crippen LogP contribution >= 0.6 is 11.6 Å². The predicted octanol–water partition coefficient (Wildman–Crippen LogP) is 5.77. The summed E-state index contributed by atoms with van der Waals surface area (Å²) in [5.74, 6) is 1.42. The van der Waals surface area contributed by atoms with Crippen LogP contribution in [0.5, 0.6) is 17.2 Å². The van der Waals surface area contributed by atoms with Crippen molar-refractivity contribution in [3.05, 3.63) is 87.4 Å². The molecule has 0 aliphatic carbocycles. The molecule has 1 atom stereocenters. The van der Waals surface area contributed by atoms with E-state index < -0.39 is 6.10 Å². The molecule has 0 bridgehead atoms. The van der Waals surface area contributed by atoms with Crippen LogP contribution in [0.4, 0.5) is 0 Å². The van der Waals surface area contributed by atoms with E-state index in [1.165, 1.54) is 11.8 Å². The van der Waals surface area contributed by atoms with Crippen LogP contribution in [0.25, 0.3) is 0 Å². The second-order valence-electron chi connectivity index (χ2n) is 7.99. The van der Waals surface area contributed by atoms with Crippen molar-refractivity contribution in [1.82, 2.24) is 5.43 Å². The molecule has 3 aromatic rings. The first-order valence-electron chi connectivity index (χ1n) is 10.9. The van der Waals surface area contributed by atoms with Crippen LogP contribution in [0, 0.1) is 20.8 Å². The Balaban J connectivity index is 1.58. The van der Waals surface area contributed by atoms with Gasteiger partial charge in [0.25, 0.3) is 5.91 Å². The minimum absolute atomic E-state index is 0.369. The number of nitrogens with zero attached hydrogens (tertiary/aromatic N) is 1. The molecule has 6 nitrogen and oxygen atoms in total. The third kappa shape index (κ3) is 6.51. The highest BCUT2D eigenvalue weighted by Crippen LogP contribution is 2.29. The van der Waals surface area contributed by atoms with Gasteiger partial charge < -0.3 is 14.2 Å². The standard InChI is InChI=1S/C27H29ClN2O4/c1-17-8-6-7-9-22(17)16-33-24-11-10-21(14-25(24)32-5)15-29-30-27(31)20(4)34-23-12-18(2)26(28)19(3)13-23/h6-15,20H,16H2,1-5H3,(H,30,31)/b29-15+. The molecule has 0 spiro atoms. The Morgan fingerprint density at radius 3 is 2.41 bits per heavy atom. The summed E-state index contributed by atoms with van der Waals surface area (Å²) in [6.45, 7) is 7.94. The first-order valence-corrected chi connectivity index (χ1v) is 11.3. The average Bonchev–Trinajstić information content (AvgIpc) is 2.82. The predicted molar refractivity (Wildman–Crippen MR) is 135 cm³/mol. The molecule has 1 amide bonds. The van der Waals surface area contributed by atoms with Crippen LogP contribution < -0.4 is 19.6 Å². The highest BCUT2D eigenvalue weighted by atomic mass is 35.5. The van der Waals surface area contributed by atoms with Gasteiger partial charge >= 0.3 is 0 Å². The van der Waals surface area contributed by atoms with Gasteiger partial charge in [0, 0.05) is 5.02 Å². The molecule has 7 heteroatoms. The zero-order valence-electron chi connectivity index (χ0n) is 20.0. The summed E-state index contributed by atoms with van der Waals surface area (Å²) in [6, 6.07) is 17.1. The van der Waals surface area contributed by atoms with Crippen molar-refractivity contribution in [1.29, 1.82) is 0 Å². The summed E-state index contributed by atoms with van der Waals surface area (Å²) in [5.41, 5.74) is 7.31. The molecule has 3 rings (SSSR count). The van der Waals surface area contributed by atoms with Crippen LogP contribution in [-0.2, 0) is 11.4 Å². The van der Waals surface area contributed by atoms with Crippen molar-refractivity contribution in [2.45, 2.75) is 40.4 Å². The Morgan fingerprint density at radius 2 is 1.74 bits per heavy atom. The van der Waals surface area contributed by atoms with Crippen LogP contribution in [0.2, 0.25) is 5.02 Å². The molecule has 0 fully saturated rings. The molecule has 1 N–H and O–H groups in total. The Bertz CT molecular complexity index is 1170. The van der Waals surface area contributed by atoms with Gasteiger partial charge in [0.15, 0.2) is 17.6 Å². The number of hydrogen-bond donors (Lipinski definition) is 1. The number of methoxy groups -OCH3 is 1. The molecule has 0 heterocycles. The van der Waals surface area contributed by atoms with E-state index in [0.717, 1.165) is 22.3 Å². The Hall–Kier alpha value is -3.51. The third-order valence-corrected chi connectivity index (χ3v) is 5.91. The number of hydrogen-bond acceptors (Lipinski definition) is 5. The molecular weight excluding hydrogens is 452 g/mol. The van der Waals surface area contributed by atoms with E-state index in [9.17, 15) is 4.79 Å². The van der Waals surface area contributed by atoms with Crippen molar-refractivity contribution in [3.8, 4) is 17.2 Å². The lowest BCUT2D eigenvalue weighted by Crippen LogP contribution is -2.33. The van der Waals surface area contributed by atoms with E-state index in [1.54, 1.807) is 32.2 Å². The van der Waals surface area contributed by atoms with Crippen molar-refractivity contribution in [3.63, 3.8) is 0 Å². The number of halogens is 1. The fourth-order valence-electron chi connectivity index (χ4n) is 3.30. The third-order valence-electron chi connectivity index (χ3n) is 5.31. The van der Waals surface area contributed by atoms with Gasteiger partial charge in [0.2, 0.25) is 0 Å². The summed E-state index contributed by atoms with van der Waals surface area (Å²) in [4.78, 5) is 12.4. The first-order chi connectivity index (χ1) is 16.3. The zero-order valence-corrected chi connectivity index (χ0v) is 20.8. The van der Waals surface area contributed by atoms with E-state index >= 15 is 0 Å². The van der Waals surface area contributed by atoms with Gasteiger partial charge in [-0.2, -0.15) is 5.10 Å². The summed E-state index contributed by atoms with van der Waals surface area (Å²) < 4.78 is 17.1. The molecule has 0 saturated carbocycles. The lowest BCUT2D eigenvalue weighted by atomic mass is 10.1. The maximum absolute atomic E-state index is 12.4. The topological polar surface area (TPSA) is 69.2 Å². The van der Waals surface area contributed by atoms with E-state index in [-0.39, 0.29) is 5.91 Å². The lowest BCUT2D eigenvalue weighted by Gasteiger charge is -2.15. The summed E-state index contributed by atoms with van der Waals surface area (Å²) >= 11 is 6.19. The summed E-state index contributed by atoms with van der Waals surface area (Å²) in [5, 5.41) is 4.73. The van der Waals surface area contributed by atoms with Crippen molar-refractivity contribution >= 4 is 23.7 Å². The van der Waals surface area contributed by atoms with E-state index in [0.29, 0.717) is 28.9 Å². The molecule has 0 aliphatic rings. The number of nitrogens with one attached hydrogen (secondary N) is 1. The molecule has 0 saturated heterocycles. The van der Waals surface area contributed by atoms with E-state index in [2.05, 4.69) is 10.5 Å². The highest BCUT2D eigenvalue weighted by Gasteiger charge is 2.15. The number of benzene rings is 3. The number of carbonyl (C=O) groups excluding carboxylic acids is 1. The maximum atomic E-state index is 12.4. The summed E-state index contributed by atoms with van der Waals surface area (Å²) in [7, 11) is 1.58. The fraction of sp³-hybridized carbons (Fsp3) is 0.259. The molecule has 34 heavy (non-hydrogen) atoms. The smallest absolute Gasteiger partial charge is 0.280 e. The van der Waals surface area contributed by atoms with Crippen LogP contribution in [-0.4, -0.2) is 25.3 Å². The Labute approximate surface area is 205 Å². The second-order valence-corrected chi connectivity index (χ2v) is 8.37.